The van der Waals surface area contributed by atoms with E-state index in [-0.39, 0.29) is 0 Å². The molecule has 1 rings (SSSR count). The minimum atomic E-state index is 0.632. The first-order chi connectivity index (χ1) is 6.68. The van der Waals surface area contributed by atoms with Crippen LogP contribution in [0.1, 0.15) is 19.8 Å². The van der Waals surface area contributed by atoms with E-state index in [1.807, 2.05) is 0 Å². The summed E-state index contributed by atoms with van der Waals surface area (Å²) in [5.41, 5.74) is 0. The van der Waals surface area contributed by atoms with E-state index in [9.17, 15) is 0 Å². The number of hydrogen-bond donors (Lipinski definition) is 1. The third-order valence-electron chi connectivity index (χ3n) is 2.78. The van der Waals surface area contributed by atoms with Gasteiger partial charge < -0.3 is 15.1 Å². The second-order valence-electron chi connectivity index (χ2n) is 4.67. The summed E-state index contributed by atoms with van der Waals surface area (Å²) in [7, 11) is 4.24. The standard InChI is InChI=1S/C11H25N3/c1-11(12-6-9-13(2)3)10-14-7-4-5-8-14/h11-12H,4-10H2,1-3H3. The molecule has 1 N–H and O–H groups in total. The van der Waals surface area contributed by atoms with Gasteiger partial charge in [0.1, 0.15) is 0 Å². The van der Waals surface area contributed by atoms with Gasteiger partial charge in [-0.25, -0.2) is 0 Å². The summed E-state index contributed by atoms with van der Waals surface area (Å²) < 4.78 is 0. The summed E-state index contributed by atoms with van der Waals surface area (Å²) in [6.07, 6.45) is 2.79. The normalized spacial score (nSPS) is 20.6. The number of nitrogens with zero attached hydrogens (tertiary/aromatic N) is 2. The average Bonchev–Trinajstić information content (AvgIpc) is 2.56. The summed E-state index contributed by atoms with van der Waals surface area (Å²) >= 11 is 0. The third-order valence-corrected chi connectivity index (χ3v) is 2.78. The van der Waals surface area contributed by atoms with E-state index in [0.29, 0.717) is 6.04 Å². The second-order valence-corrected chi connectivity index (χ2v) is 4.67. The minimum absolute atomic E-state index is 0.632. The zero-order valence-corrected chi connectivity index (χ0v) is 9.92. The van der Waals surface area contributed by atoms with Crippen LogP contribution in [-0.2, 0) is 0 Å². The van der Waals surface area contributed by atoms with E-state index in [4.69, 9.17) is 0 Å². The van der Waals surface area contributed by atoms with Crippen LogP contribution in [0.2, 0.25) is 0 Å². The summed E-state index contributed by atoms with van der Waals surface area (Å²) in [4.78, 5) is 4.78. The van der Waals surface area contributed by atoms with E-state index in [2.05, 4.69) is 36.1 Å². The van der Waals surface area contributed by atoms with Crippen molar-refractivity contribution < 1.29 is 0 Å². The molecular weight excluding hydrogens is 174 g/mol. The van der Waals surface area contributed by atoms with Crippen molar-refractivity contribution >= 4 is 0 Å². The van der Waals surface area contributed by atoms with Gasteiger partial charge in [-0.3, -0.25) is 0 Å². The molecule has 1 aliphatic heterocycles. The summed E-state index contributed by atoms with van der Waals surface area (Å²) in [6.45, 7) is 8.34. The van der Waals surface area contributed by atoms with Crippen molar-refractivity contribution in [3.63, 3.8) is 0 Å². The molecule has 0 aromatic heterocycles. The van der Waals surface area contributed by atoms with Crippen LogP contribution >= 0.6 is 0 Å². The van der Waals surface area contributed by atoms with Gasteiger partial charge in [0, 0.05) is 25.7 Å². The van der Waals surface area contributed by atoms with E-state index >= 15 is 0 Å². The zero-order chi connectivity index (χ0) is 10.4. The van der Waals surface area contributed by atoms with Crippen molar-refractivity contribution in [1.82, 2.24) is 15.1 Å². The van der Waals surface area contributed by atoms with Gasteiger partial charge in [0.2, 0.25) is 0 Å². The van der Waals surface area contributed by atoms with Gasteiger partial charge >= 0.3 is 0 Å². The number of nitrogens with one attached hydrogen (secondary N) is 1. The first kappa shape index (κ1) is 12.0. The highest BCUT2D eigenvalue weighted by molar-refractivity contribution is 4.72. The molecule has 0 aliphatic carbocycles. The molecular formula is C11H25N3. The van der Waals surface area contributed by atoms with E-state index < -0.39 is 0 Å². The first-order valence-corrected chi connectivity index (χ1v) is 5.79. The van der Waals surface area contributed by atoms with E-state index in [1.54, 1.807) is 0 Å². The first-order valence-electron chi connectivity index (χ1n) is 5.79. The van der Waals surface area contributed by atoms with Crippen molar-refractivity contribution in [2.75, 3.05) is 46.8 Å². The van der Waals surface area contributed by atoms with Gasteiger partial charge in [-0.15, -0.1) is 0 Å². The smallest absolute Gasteiger partial charge is 0.0167 e. The Balaban J connectivity index is 2.00. The van der Waals surface area contributed by atoms with Crippen molar-refractivity contribution in [3.8, 4) is 0 Å². The molecule has 3 nitrogen and oxygen atoms in total. The molecule has 1 fully saturated rings. The maximum Gasteiger partial charge on any atom is 0.0167 e. The lowest BCUT2D eigenvalue weighted by Crippen LogP contribution is -2.40. The highest BCUT2D eigenvalue weighted by Crippen LogP contribution is 2.07. The molecule has 84 valence electrons. The number of rotatable bonds is 6. The second kappa shape index (κ2) is 6.38. The van der Waals surface area contributed by atoms with Crippen molar-refractivity contribution in [2.24, 2.45) is 0 Å². The van der Waals surface area contributed by atoms with Crippen molar-refractivity contribution in [2.45, 2.75) is 25.8 Å². The lowest BCUT2D eigenvalue weighted by atomic mass is 10.3. The van der Waals surface area contributed by atoms with Gasteiger partial charge in [0.05, 0.1) is 0 Å². The summed E-state index contributed by atoms with van der Waals surface area (Å²) in [5.74, 6) is 0. The largest absolute Gasteiger partial charge is 0.312 e. The Kier molecular flexibility index (Phi) is 5.45. The molecule has 0 spiro atoms. The minimum Gasteiger partial charge on any atom is -0.312 e. The Morgan fingerprint density at radius 3 is 2.50 bits per heavy atom. The quantitative estimate of drug-likeness (QED) is 0.676. The molecule has 0 aromatic rings. The average molecular weight is 199 g/mol. The Morgan fingerprint density at radius 2 is 1.93 bits per heavy atom. The van der Waals surface area contributed by atoms with Gasteiger partial charge in [-0.05, 0) is 47.0 Å². The Labute approximate surface area is 88.5 Å². The van der Waals surface area contributed by atoms with Crippen molar-refractivity contribution in [3.05, 3.63) is 0 Å². The Hall–Kier alpha value is -0.120. The Bertz CT molecular complexity index is 141. The van der Waals surface area contributed by atoms with Crippen LogP contribution in [0.25, 0.3) is 0 Å². The van der Waals surface area contributed by atoms with E-state index in [0.717, 1.165) is 13.1 Å². The number of likely N-dealkylation sites (tertiary alicyclic amines) is 1. The van der Waals surface area contributed by atoms with Gasteiger partial charge in [-0.2, -0.15) is 0 Å². The van der Waals surface area contributed by atoms with Crippen molar-refractivity contribution in [1.29, 1.82) is 0 Å². The predicted molar refractivity (Wildman–Crippen MR) is 61.7 cm³/mol. The third kappa shape index (κ3) is 4.94. The predicted octanol–water partition coefficient (Wildman–Crippen LogP) is 0.622. The van der Waals surface area contributed by atoms with Crippen LogP contribution in [0.5, 0.6) is 0 Å². The van der Waals surface area contributed by atoms with Crippen LogP contribution in [-0.4, -0.2) is 62.7 Å². The molecule has 0 radical (unpaired) electrons. The van der Waals surface area contributed by atoms with Crippen LogP contribution in [0.15, 0.2) is 0 Å². The fourth-order valence-electron chi connectivity index (χ4n) is 1.95. The molecule has 0 aromatic carbocycles. The molecule has 1 heterocycles. The molecule has 0 bridgehead atoms. The van der Waals surface area contributed by atoms with E-state index in [1.165, 1.54) is 32.5 Å². The SMILES string of the molecule is CC(CN1CCCC1)NCCN(C)C. The van der Waals surface area contributed by atoms with Crippen LogP contribution < -0.4 is 5.32 Å². The van der Waals surface area contributed by atoms with Crippen LogP contribution in [0.3, 0.4) is 0 Å². The molecule has 1 atom stereocenters. The zero-order valence-electron chi connectivity index (χ0n) is 9.92. The van der Waals surface area contributed by atoms with Gasteiger partial charge in [0.15, 0.2) is 0 Å². The van der Waals surface area contributed by atoms with Gasteiger partial charge in [0.25, 0.3) is 0 Å². The summed E-state index contributed by atoms with van der Waals surface area (Å²) in [6, 6.07) is 0.632. The number of hydrogen-bond acceptors (Lipinski definition) is 3. The summed E-state index contributed by atoms with van der Waals surface area (Å²) in [5, 5.41) is 3.56. The fraction of sp³-hybridized carbons (Fsp3) is 1.00. The maximum absolute atomic E-state index is 3.56. The monoisotopic (exact) mass is 199 g/mol. The Morgan fingerprint density at radius 1 is 1.29 bits per heavy atom. The molecule has 0 saturated carbocycles. The van der Waals surface area contributed by atoms with Gasteiger partial charge in [-0.1, -0.05) is 0 Å². The molecule has 1 unspecified atom stereocenters. The topological polar surface area (TPSA) is 18.5 Å². The lowest BCUT2D eigenvalue weighted by Gasteiger charge is -2.22. The highest BCUT2D eigenvalue weighted by Gasteiger charge is 2.13. The maximum atomic E-state index is 3.56. The lowest BCUT2D eigenvalue weighted by molar-refractivity contribution is 0.292. The molecule has 14 heavy (non-hydrogen) atoms. The van der Waals surface area contributed by atoms with Crippen LogP contribution in [0.4, 0.5) is 0 Å². The van der Waals surface area contributed by atoms with Crippen LogP contribution in [0, 0.1) is 0 Å². The molecule has 3 heteroatoms. The number of likely N-dealkylation sites (N-methyl/N-ethyl adjacent to an activating group) is 1. The molecule has 1 aliphatic rings. The molecule has 0 amide bonds. The fourth-order valence-corrected chi connectivity index (χ4v) is 1.95. The highest BCUT2D eigenvalue weighted by atomic mass is 15.2. The molecule has 1 saturated heterocycles.